The first-order valence-electron chi connectivity index (χ1n) is 13.2. The molecule has 0 radical (unpaired) electrons. The number of halogens is 1. The summed E-state index contributed by atoms with van der Waals surface area (Å²) in [5, 5.41) is 0. The second-order valence-electron chi connectivity index (χ2n) is 8.99. The normalized spacial score (nSPS) is 12.7. The summed E-state index contributed by atoms with van der Waals surface area (Å²) in [4.78, 5) is 0. The van der Waals surface area contributed by atoms with Gasteiger partial charge in [-0.05, 0) is 26.2 Å². The van der Waals surface area contributed by atoms with E-state index in [1.165, 1.54) is 121 Å². The predicted molar refractivity (Wildman–Crippen MR) is 134 cm³/mol. The van der Waals surface area contributed by atoms with Gasteiger partial charge in [0.2, 0.25) is 0 Å². The molecule has 178 valence electrons. The molecule has 0 bridgehead atoms. The van der Waals surface area contributed by atoms with Crippen LogP contribution in [0.4, 0.5) is 0 Å². The standard InChI is InChI=1S/C26H56OP.ClH/c1-6-11-14-15-16-17-18-19-20-21-23-27-26(22-9-4)28(10-5,24-12-7-2)25-13-8-3;/h26H,6-25H2,1-5H3;1H/q+1;/p-1. The average Bonchev–Trinajstić information content (AvgIpc) is 2.72. The Balaban J connectivity index is 0. The van der Waals surface area contributed by atoms with Gasteiger partial charge in [0.1, 0.15) is 0 Å². The quantitative estimate of drug-likeness (QED) is 0.132. The maximum atomic E-state index is 6.65. The van der Waals surface area contributed by atoms with Crippen molar-refractivity contribution in [3.05, 3.63) is 0 Å². The molecule has 0 rings (SSSR count). The molecule has 0 aliphatic heterocycles. The van der Waals surface area contributed by atoms with Crippen molar-refractivity contribution in [3.8, 4) is 0 Å². The summed E-state index contributed by atoms with van der Waals surface area (Å²) in [6.45, 7) is 12.8. The Labute approximate surface area is 192 Å². The molecular formula is C26H56ClOP. The SMILES string of the molecule is CCCCCCCCCCCCOC(CCC)[P+](CC)(CCCC)CCCC.[Cl-]. The molecule has 0 aliphatic carbocycles. The lowest BCUT2D eigenvalue weighted by molar-refractivity contribution is -0.00000737. The van der Waals surface area contributed by atoms with Gasteiger partial charge in [-0.15, -0.1) is 0 Å². The molecule has 0 spiro atoms. The van der Waals surface area contributed by atoms with Gasteiger partial charge in [-0.2, -0.15) is 0 Å². The molecule has 0 fully saturated rings. The second-order valence-corrected chi connectivity index (χ2v) is 13.5. The van der Waals surface area contributed by atoms with E-state index in [1.54, 1.807) is 0 Å². The summed E-state index contributed by atoms with van der Waals surface area (Å²) in [7, 11) is -0.939. The molecule has 0 aromatic carbocycles. The van der Waals surface area contributed by atoms with E-state index in [0.29, 0.717) is 5.85 Å². The fourth-order valence-corrected chi connectivity index (χ4v) is 9.40. The molecule has 0 N–H and O–H groups in total. The Morgan fingerprint density at radius 1 is 0.552 bits per heavy atom. The smallest absolute Gasteiger partial charge is 0.166 e. The van der Waals surface area contributed by atoms with Crippen LogP contribution in [0.5, 0.6) is 0 Å². The first-order valence-corrected chi connectivity index (χ1v) is 15.6. The van der Waals surface area contributed by atoms with E-state index in [4.69, 9.17) is 4.74 Å². The Hall–Kier alpha value is 0.680. The third-order valence-corrected chi connectivity index (χ3v) is 11.8. The molecule has 0 saturated carbocycles. The summed E-state index contributed by atoms with van der Waals surface area (Å²) < 4.78 is 6.65. The van der Waals surface area contributed by atoms with Crippen LogP contribution in [0.25, 0.3) is 0 Å². The number of rotatable bonds is 22. The highest BCUT2D eigenvalue weighted by molar-refractivity contribution is 7.76. The van der Waals surface area contributed by atoms with Crippen molar-refractivity contribution in [1.29, 1.82) is 0 Å². The van der Waals surface area contributed by atoms with Crippen LogP contribution in [0.3, 0.4) is 0 Å². The lowest BCUT2D eigenvalue weighted by Crippen LogP contribution is -3.00. The highest BCUT2D eigenvalue weighted by Crippen LogP contribution is 2.65. The summed E-state index contributed by atoms with van der Waals surface area (Å²) in [5.74, 6) is 0.596. The zero-order chi connectivity index (χ0) is 20.9. The zero-order valence-electron chi connectivity index (χ0n) is 21.0. The monoisotopic (exact) mass is 450 g/mol. The fourth-order valence-electron chi connectivity index (χ4n) is 4.44. The van der Waals surface area contributed by atoms with Crippen molar-refractivity contribution in [1.82, 2.24) is 0 Å². The van der Waals surface area contributed by atoms with Gasteiger partial charge in [0.15, 0.2) is 5.85 Å². The Morgan fingerprint density at radius 2 is 1.00 bits per heavy atom. The van der Waals surface area contributed by atoms with Crippen LogP contribution in [0, 0.1) is 0 Å². The van der Waals surface area contributed by atoms with Crippen LogP contribution < -0.4 is 12.4 Å². The summed E-state index contributed by atoms with van der Waals surface area (Å²) >= 11 is 0. The maximum Gasteiger partial charge on any atom is 0.166 e. The third kappa shape index (κ3) is 16.0. The van der Waals surface area contributed by atoms with Crippen molar-refractivity contribution >= 4 is 7.26 Å². The van der Waals surface area contributed by atoms with Crippen LogP contribution in [0.15, 0.2) is 0 Å². The van der Waals surface area contributed by atoms with Crippen LogP contribution in [-0.4, -0.2) is 30.9 Å². The topological polar surface area (TPSA) is 9.23 Å². The van der Waals surface area contributed by atoms with Gasteiger partial charge in [0.25, 0.3) is 0 Å². The zero-order valence-corrected chi connectivity index (χ0v) is 22.6. The molecule has 1 nitrogen and oxygen atoms in total. The van der Waals surface area contributed by atoms with E-state index in [9.17, 15) is 0 Å². The number of hydrogen-bond acceptors (Lipinski definition) is 1. The lowest BCUT2D eigenvalue weighted by atomic mass is 10.1. The second kappa shape index (κ2) is 23.3. The molecule has 0 amide bonds. The molecule has 0 aromatic heterocycles. The first kappa shape index (κ1) is 31.9. The minimum atomic E-state index is -0.939. The van der Waals surface area contributed by atoms with E-state index in [-0.39, 0.29) is 12.4 Å². The van der Waals surface area contributed by atoms with E-state index >= 15 is 0 Å². The van der Waals surface area contributed by atoms with Crippen molar-refractivity contribution in [2.24, 2.45) is 0 Å². The fraction of sp³-hybridized carbons (Fsp3) is 1.00. The van der Waals surface area contributed by atoms with Crippen molar-refractivity contribution in [2.75, 3.05) is 25.1 Å². The van der Waals surface area contributed by atoms with Gasteiger partial charge >= 0.3 is 0 Å². The van der Waals surface area contributed by atoms with Gasteiger partial charge in [-0.3, -0.25) is 0 Å². The minimum absolute atomic E-state index is 0. The molecule has 0 heterocycles. The van der Waals surface area contributed by atoms with Gasteiger partial charge in [0.05, 0.1) is 25.1 Å². The summed E-state index contributed by atoms with van der Waals surface area (Å²) in [6.07, 6.45) is 26.5. The minimum Gasteiger partial charge on any atom is -1.00 e. The van der Waals surface area contributed by atoms with Gasteiger partial charge in [0, 0.05) is 13.7 Å². The molecule has 0 saturated heterocycles. The summed E-state index contributed by atoms with van der Waals surface area (Å²) in [5.41, 5.74) is 0. The molecule has 0 aromatic rings. The highest BCUT2D eigenvalue weighted by Gasteiger charge is 2.43. The van der Waals surface area contributed by atoms with Crippen LogP contribution >= 0.6 is 7.26 Å². The molecule has 1 atom stereocenters. The van der Waals surface area contributed by atoms with Crippen LogP contribution in [0.2, 0.25) is 0 Å². The molecular weight excluding hydrogens is 395 g/mol. The van der Waals surface area contributed by atoms with E-state index in [2.05, 4.69) is 34.6 Å². The third-order valence-electron chi connectivity index (χ3n) is 6.50. The number of ether oxygens (including phenoxy) is 1. The van der Waals surface area contributed by atoms with Crippen molar-refractivity contribution in [3.63, 3.8) is 0 Å². The predicted octanol–water partition coefficient (Wildman–Crippen LogP) is 6.69. The number of hydrogen-bond donors (Lipinski definition) is 0. The molecule has 29 heavy (non-hydrogen) atoms. The van der Waals surface area contributed by atoms with Gasteiger partial charge < -0.3 is 17.1 Å². The number of unbranched alkanes of at least 4 members (excludes halogenated alkanes) is 11. The van der Waals surface area contributed by atoms with Crippen molar-refractivity contribution in [2.45, 2.75) is 143 Å². The van der Waals surface area contributed by atoms with E-state index in [1.807, 2.05) is 0 Å². The van der Waals surface area contributed by atoms with E-state index < -0.39 is 7.26 Å². The molecule has 0 aliphatic rings. The molecule has 3 heteroatoms. The largest absolute Gasteiger partial charge is 1.00 e. The Morgan fingerprint density at radius 3 is 1.41 bits per heavy atom. The highest BCUT2D eigenvalue weighted by atomic mass is 35.5. The summed E-state index contributed by atoms with van der Waals surface area (Å²) in [6, 6.07) is 0. The Kier molecular flexibility index (Phi) is 25.7. The first-order chi connectivity index (χ1) is 13.7. The van der Waals surface area contributed by atoms with Crippen LogP contribution in [0.1, 0.15) is 137 Å². The van der Waals surface area contributed by atoms with Gasteiger partial charge in [-0.1, -0.05) is 105 Å². The van der Waals surface area contributed by atoms with Crippen molar-refractivity contribution < 1.29 is 17.1 Å². The lowest BCUT2D eigenvalue weighted by Gasteiger charge is -2.34. The maximum absolute atomic E-state index is 6.65. The van der Waals surface area contributed by atoms with Crippen LogP contribution in [-0.2, 0) is 4.74 Å². The van der Waals surface area contributed by atoms with E-state index in [0.717, 1.165) is 6.61 Å². The van der Waals surface area contributed by atoms with Gasteiger partial charge in [-0.25, -0.2) is 0 Å². The molecule has 1 unspecified atom stereocenters. The Bertz CT molecular complexity index is 303. The average molecular weight is 451 g/mol.